The first-order chi connectivity index (χ1) is 12.0. The molecular formula is C17H27N7O. The highest BCUT2D eigenvalue weighted by Crippen LogP contribution is 2.13. The highest BCUT2D eigenvalue weighted by molar-refractivity contribution is 6.03. The van der Waals surface area contributed by atoms with E-state index in [4.69, 9.17) is 0 Å². The lowest BCUT2D eigenvalue weighted by molar-refractivity contribution is 0.102. The van der Waals surface area contributed by atoms with E-state index in [1.807, 2.05) is 31.6 Å². The molecule has 0 unspecified atom stereocenters. The van der Waals surface area contributed by atoms with E-state index < -0.39 is 0 Å². The Hall–Kier alpha value is -2.22. The van der Waals surface area contributed by atoms with Gasteiger partial charge in [-0.2, -0.15) is 5.10 Å². The van der Waals surface area contributed by atoms with Crippen LogP contribution in [0, 0.1) is 6.92 Å². The summed E-state index contributed by atoms with van der Waals surface area (Å²) in [4.78, 5) is 14.9. The van der Waals surface area contributed by atoms with Gasteiger partial charge in [0.25, 0.3) is 5.91 Å². The SMILES string of the molecule is Cc1c(C(=O)Nc2cnn(CCN3CCCCC3)c2)nnn1C(C)C. The van der Waals surface area contributed by atoms with Gasteiger partial charge < -0.3 is 10.2 Å². The molecule has 1 aliphatic rings. The molecule has 0 bridgehead atoms. The molecule has 0 saturated carbocycles. The molecule has 0 aliphatic carbocycles. The first-order valence-corrected chi connectivity index (χ1v) is 9.02. The molecule has 3 rings (SSSR count). The molecule has 1 saturated heterocycles. The number of nitrogens with one attached hydrogen (secondary N) is 1. The zero-order valence-electron chi connectivity index (χ0n) is 15.3. The van der Waals surface area contributed by atoms with Crippen molar-refractivity contribution >= 4 is 11.6 Å². The van der Waals surface area contributed by atoms with Crippen LogP contribution in [-0.2, 0) is 6.54 Å². The van der Waals surface area contributed by atoms with Crippen LogP contribution >= 0.6 is 0 Å². The van der Waals surface area contributed by atoms with Crippen molar-refractivity contribution in [3.8, 4) is 0 Å². The Balaban J connectivity index is 1.56. The smallest absolute Gasteiger partial charge is 0.278 e. The van der Waals surface area contributed by atoms with Gasteiger partial charge in [-0.25, -0.2) is 4.68 Å². The Kier molecular flexibility index (Phi) is 5.47. The topological polar surface area (TPSA) is 80.9 Å². The largest absolute Gasteiger partial charge is 0.318 e. The van der Waals surface area contributed by atoms with E-state index in [9.17, 15) is 4.79 Å². The Morgan fingerprint density at radius 1 is 1.24 bits per heavy atom. The maximum absolute atomic E-state index is 12.4. The van der Waals surface area contributed by atoms with Crippen LogP contribution in [0.1, 0.15) is 55.3 Å². The number of hydrogen-bond donors (Lipinski definition) is 1. The number of carbonyl (C=O) groups excluding carboxylic acids is 1. The van der Waals surface area contributed by atoms with Crippen molar-refractivity contribution in [1.29, 1.82) is 0 Å². The van der Waals surface area contributed by atoms with Crippen molar-refractivity contribution in [3.05, 3.63) is 23.8 Å². The van der Waals surface area contributed by atoms with Gasteiger partial charge in [0.15, 0.2) is 5.69 Å². The minimum absolute atomic E-state index is 0.173. The highest BCUT2D eigenvalue weighted by atomic mass is 16.2. The number of piperidine rings is 1. The Bertz CT molecular complexity index is 712. The highest BCUT2D eigenvalue weighted by Gasteiger charge is 2.18. The summed E-state index contributed by atoms with van der Waals surface area (Å²) in [5, 5.41) is 15.2. The summed E-state index contributed by atoms with van der Waals surface area (Å²) in [6, 6.07) is 0.173. The monoisotopic (exact) mass is 345 g/mol. The average Bonchev–Trinajstić information content (AvgIpc) is 3.20. The van der Waals surface area contributed by atoms with E-state index in [0.717, 1.165) is 18.8 Å². The van der Waals surface area contributed by atoms with E-state index >= 15 is 0 Å². The van der Waals surface area contributed by atoms with Crippen molar-refractivity contribution in [2.75, 3.05) is 25.0 Å². The van der Waals surface area contributed by atoms with E-state index in [0.29, 0.717) is 11.4 Å². The zero-order valence-corrected chi connectivity index (χ0v) is 15.3. The second kappa shape index (κ2) is 7.77. The molecule has 8 nitrogen and oxygen atoms in total. The number of rotatable bonds is 6. The summed E-state index contributed by atoms with van der Waals surface area (Å²) in [7, 11) is 0. The molecule has 25 heavy (non-hydrogen) atoms. The van der Waals surface area contributed by atoms with Gasteiger partial charge >= 0.3 is 0 Å². The summed E-state index contributed by atoms with van der Waals surface area (Å²) in [6.07, 6.45) is 7.46. The molecular weight excluding hydrogens is 318 g/mol. The fraction of sp³-hybridized carbons (Fsp3) is 0.647. The van der Waals surface area contributed by atoms with Gasteiger partial charge in [-0.1, -0.05) is 11.6 Å². The van der Waals surface area contributed by atoms with E-state index in [1.54, 1.807) is 10.9 Å². The van der Waals surface area contributed by atoms with Gasteiger partial charge in [-0.15, -0.1) is 5.10 Å². The average molecular weight is 345 g/mol. The Morgan fingerprint density at radius 2 is 2.00 bits per heavy atom. The molecule has 0 radical (unpaired) electrons. The maximum Gasteiger partial charge on any atom is 0.278 e. The van der Waals surface area contributed by atoms with E-state index in [1.165, 1.54) is 32.4 Å². The second-order valence-electron chi connectivity index (χ2n) is 6.91. The number of anilines is 1. The molecule has 1 N–H and O–H groups in total. The molecule has 1 aliphatic heterocycles. The Labute approximate surface area is 148 Å². The Morgan fingerprint density at radius 3 is 2.68 bits per heavy atom. The number of aromatic nitrogens is 5. The van der Waals surface area contributed by atoms with Crippen LogP contribution in [0.5, 0.6) is 0 Å². The molecule has 0 spiro atoms. The number of carbonyl (C=O) groups is 1. The summed E-state index contributed by atoms with van der Waals surface area (Å²) < 4.78 is 3.62. The first-order valence-electron chi connectivity index (χ1n) is 9.02. The first kappa shape index (κ1) is 17.6. The lowest BCUT2D eigenvalue weighted by Gasteiger charge is -2.26. The van der Waals surface area contributed by atoms with Gasteiger partial charge in [0.1, 0.15) is 0 Å². The van der Waals surface area contributed by atoms with Crippen LogP contribution in [-0.4, -0.2) is 55.2 Å². The molecule has 1 fully saturated rings. The predicted octanol–water partition coefficient (Wildman–Crippen LogP) is 2.10. The van der Waals surface area contributed by atoms with E-state index in [2.05, 4.69) is 25.6 Å². The van der Waals surface area contributed by atoms with Gasteiger partial charge in [-0.3, -0.25) is 9.48 Å². The van der Waals surface area contributed by atoms with Crippen molar-refractivity contribution in [2.45, 2.75) is 52.6 Å². The third kappa shape index (κ3) is 4.25. The lowest BCUT2D eigenvalue weighted by Crippen LogP contribution is -2.32. The quantitative estimate of drug-likeness (QED) is 0.867. The van der Waals surface area contributed by atoms with Crippen LogP contribution in [0.2, 0.25) is 0 Å². The fourth-order valence-corrected chi connectivity index (χ4v) is 3.21. The molecule has 2 aromatic rings. The number of amides is 1. The molecule has 2 aromatic heterocycles. The van der Waals surface area contributed by atoms with Gasteiger partial charge in [0, 0.05) is 18.8 Å². The van der Waals surface area contributed by atoms with Crippen molar-refractivity contribution in [1.82, 2.24) is 29.7 Å². The minimum atomic E-state index is -0.250. The van der Waals surface area contributed by atoms with Crippen LogP contribution in [0.4, 0.5) is 5.69 Å². The summed E-state index contributed by atoms with van der Waals surface area (Å²) in [5.41, 5.74) is 1.81. The lowest BCUT2D eigenvalue weighted by atomic mass is 10.1. The van der Waals surface area contributed by atoms with Crippen molar-refractivity contribution in [3.63, 3.8) is 0 Å². The molecule has 0 atom stereocenters. The van der Waals surface area contributed by atoms with Gasteiger partial charge in [0.2, 0.25) is 0 Å². The van der Waals surface area contributed by atoms with E-state index in [-0.39, 0.29) is 11.9 Å². The molecule has 0 aromatic carbocycles. The third-order valence-corrected chi connectivity index (χ3v) is 4.62. The second-order valence-corrected chi connectivity index (χ2v) is 6.91. The summed E-state index contributed by atoms with van der Waals surface area (Å²) >= 11 is 0. The maximum atomic E-state index is 12.4. The molecule has 1 amide bonds. The molecule has 3 heterocycles. The van der Waals surface area contributed by atoms with Crippen molar-refractivity contribution < 1.29 is 4.79 Å². The summed E-state index contributed by atoms with van der Waals surface area (Å²) in [5.74, 6) is -0.250. The minimum Gasteiger partial charge on any atom is -0.318 e. The van der Waals surface area contributed by atoms with Gasteiger partial charge in [-0.05, 0) is 46.7 Å². The van der Waals surface area contributed by atoms with Crippen LogP contribution in [0.15, 0.2) is 12.4 Å². The fourth-order valence-electron chi connectivity index (χ4n) is 3.21. The predicted molar refractivity (Wildman–Crippen MR) is 95.6 cm³/mol. The molecule has 136 valence electrons. The standard InChI is InChI=1S/C17H27N7O/c1-13(2)24-14(3)16(20-21-24)17(25)19-15-11-18-23(12-15)10-9-22-7-5-4-6-8-22/h11-13H,4-10H2,1-3H3,(H,19,25). The van der Waals surface area contributed by atoms with Crippen LogP contribution in [0.25, 0.3) is 0 Å². The third-order valence-electron chi connectivity index (χ3n) is 4.62. The van der Waals surface area contributed by atoms with Crippen LogP contribution < -0.4 is 5.32 Å². The number of nitrogens with zero attached hydrogens (tertiary/aromatic N) is 6. The number of hydrogen-bond acceptors (Lipinski definition) is 5. The summed E-state index contributed by atoms with van der Waals surface area (Å²) in [6.45, 7) is 10.1. The van der Waals surface area contributed by atoms with Gasteiger partial charge in [0.05, 0.1) is 24.1 Å². The van der Waals surface area contributed by atoms with Crippen LogP contribution in [0.3, 0.4) is 0 Å². The molecule has 8 heteroatoms. The zero-order chi connectivity index (χ0) is 17.8. The number of likely N-dealkylation sites (tertiary alicyclic amines) is 1. The van der Waals surface area contributed by atoms with Crippen molar-refractivity contribution in [2.24, 2.45) is 0 Å². The normalized spacial score (nSPS) is 15.7.